The van der Waals surface area contributed by atoms with E-state index in [0.717, 1.165) is 0 Å². The molecule has 0 fully saturated rings. The summed E-state index contributed by atoms with van der Waals surface area (Å²) in [7, 11) is 0. The van der Waals surface area contributed by atoms with Crippen LogP contribution in [-0.2, 0) is 0 Å². The Bertz CT molecular complexity index is 2430. The Kier molecular flexibility index (Phi) is 6.91. The Balaban J connectivity index is 1.18. The third kappa shape index (κ3) is 4.96. The Hall–Kier alpha value is -6.24. The van der Waals surface area contributed by atoms with E-state index in [2.05, 4.69) is 194 Å². The second-order valence-corrected chi connectivity index (χ2v) is 12.5. The third-order valence-corrected chi connectivity index (χ3v) is 9.59. The van der Waals surface area contributed by atoms with Gasteiger partial charge in [0.2, 0.25) is 0 Å². The average molecular weight is 609 g/mol. The molecule has 0 atom stereocenters. The SMILES string of the molecule is C(=C\c1cccc(-c2ccc3c4cccc5c(-c6cccc(/C=C/c7ccccc7)c6)ccc(c6cccc2c63)c54)c1)/c1ccccc1. The van der Waals surface area contributed by atoms with Crippen LogP contribution in [0.1, 0.15) is 22.3 Å². The van der Waals surface area contributed by atoms with Crippen LogP contribution in [-0.4, -0.2) is 0 Å². The summed E-state index contributed by atoms with van der Waals surface area (Å²) in [6.07, 6.45) is 8.77. The smallest absolute Gasteiger partial charge is 0.00201 e. The number of rotatable bonds is 6. The molecule has 224 valence electrons. The molecule has 0 saturated heterocycles. The van der Waals surface area contributed by atoms with Gasteiger partial charge in [-0.3, -0.25) is 0 Å². The quantitative estimate of drug-likeness (QED) is 0.100. The summed E-state index contributed by atoms with van der Waals surface area (Å²) in [5, 5.41) is 10.5. The first-order chi connectivity index (χ1) is 23.8. The lowest BCUT2D eigenvalue weighted by molar-refractivity contribution is 1.62. The zero-order valence-corrected chi connectivity index (χ0v) is 26.5. The van der Waals surface area contributed by atoms with Crippen molar-refractivity contribution < 1.29 is 0 Å². The second kappa shape index (κ2) is 11.8. The molecule has 0 amide bonds. The highest BCUT2D eigenvalue weighted by atomic mass is 14.2. The largest absolute Gasteiger partial charge is 0.0622 e. The highest BCUT2D eigenvalue weighted by molar-refractivity contribution is 6.35. The number of hydrogen-bond donors (Lipinski definition) is 0. The molecule has 0 nitrogen and oxygen atoms in total. The van der Waals surface area contributed by atoms with Crippen LogP contribution in [0.4, 0.5) is 0 Å². The molecule has 9 aromatic carbocycles. The highest BCUT2D eigenvalue weighted by Gasteiger charge is 2.17. The molecule has 0 saturated carbocycles. The zero-order valence-electron chi connectivity index (χ0n) is 26.5. The molecule has 0 aliphatic carbocycles. The van der Waals surface area contributed by atoms with E-state index in [9.17, 15) is 0 Å². The van der Waals surface area contributed by atoms with Crippen molar-refractivity contribution in [2.75, 3.05) is 0 Å². The predicted molar refractivity (Wildman–Crippen MR) is 209 cm³/mol. The highest BCUT2D eigenvalue weighted by Crippen LogP contribution is 2.45. The second-order valence-electron chi connectivity index (χ2n) is 12.5. The van der Waals surface area contributed by atoms with Gasteiger partial charge in [0.1, 0.15) is 0 Å². The molecule has 0 aliphatic rings. The van der Waals surface area contributed by atoms with Crippen molar-refractivity contribution in [3.05, 3.63) is 192 Å². The van der Waals surface area contributed by atoms with Crippen molar-refractivity contribution in [3.8, 4) is 22.3 Å². The summed E-state index contributed by atoms with van der Waals surface area (Å²) >= 11 is 0. The van der Waals surface area contributed by atoms with Crippen molar-refractivity contribution in [3.63, 3.8) is 0 Å². The normalized spacial score (nSPS) is 12.0. The van der Waals surface area contributed by atoms with E-state index in [4.69, 9.17) is 0 Å². The van der Waals surface area contributed by atoms with Crippen LogP contribution in [0, 0.1) is 0 Å². The van der Waals surface area contributed by atoms with Crippen molar-refractivity contribution in [1.82, 2.24) is 0 Å². The van der Waals surface area contributed by atoms with Gasteiger partial charge in [-0.1, -0.05) is 182 Å². The molecule has 0 aromatic heterocycles. The van der Waals surface area contributed by atoms with E-state index >= 15 is 0 Å². The maximum atomic E-state index is 2.34. The van der Waals surface area contributed by atoms with Gasteiger partial charge in [-0.05, 0) is 99.7 Å². The lowest BCUT2D eigenvalue weighted by Gasteiger charge is -2.18. The minimum Gasteiger partial charge on any atom is -0.0622 e. The van der Waals surface area contributed by atoms with Gasteiger partial charge in [0.25, 0.3) is 0 Å². The molecule has 48 heavy (non-hydrogen) atoms. The topological polar surface area (TPSA) is 0 Å². The maximum Gasteiger partial charge on any atom is -0.00201 e. The van der Waals surface area contributed by atoms with Gasteiger partial charge in [0, 0.05) is 0 Å². The van der Waals surface area contributed by atoms with Gasteiger partial charge in [-0.25, -0.2) is 0 Å². The summed E-state index contributed by atoms with van der Waals surface area (Å²) in [4.78, 5) is 0. The maximum absolute atomic E-state index is 2.34. The van der Waals surface area contributed by atoms with Gasteiger partial charge in [-0.2, -0.15) is 0 Å². The minimum atomic E-state index is 1.19. The monoisotopic (exact) mass is 608 g/mol. The van der Waals surface area contributed by atoms with Gasteiger partial charge in [0.05, 0.1) is 0 Å². The fraction of sp³-hybridized carbons (Fsp3) is 0. The average Bonchev–Trinajstić information content (AvgIpc) is 3.16. The molecular weight excluding hydrogens is 577 g/mol. The van der Waals surface area contributed by atoms with E-state index < -0.39 is 0 Å². The number of hydrogen-bond acceptors (Lipinski definition) is 0. The van der Waals surface area contributed by atoms with Crippen molar-refractivity contribution in [2.45, 2.75) is 0 Å². The van der Waals surface area contributed by atoms with E-state index in [1.54, 1.807) is 0 Å². The molecule has 0 aliphatic heterocycles. The number of benzene rings is 9. The zero-order chi connectivity index (χ0) is 31.9. The first-order valence-electron chi connectivity index (χ1n) is 16.6. The van der Waals surface area contributed by atoms with Crippen molar-refractivity contribution >= 4 is 67.4 Å². The molecule has 0 bridgehead atoms. The molecule has 0 heteroatoms. The van der Waals surface area contributed by atoms with E-state index in [1.165, 1.54) is 87.6 Å². The molecule has 0 unspecified atom stereocenters. The summed E-state index contributed by atoms with van der Waals surface area (Å²) < 4.78 is 0. The Labute approximate surface area is 280 Å². The van der Waals surface area contributed by atoms with Gasteiger partial charge >= 0.3 is 0 Å². The standard InChI is InChI=1S/C48H32/c1-3-11-33(12-4-1)23-25-35-15-7-17-37(31-35)39-27-29-45-44-22-10-20-42-40(28-30-46(48(42)44)43-21-9-19-41(39)47(43)45)38-18-8-16-36(32-38)26-24-34-13-5-2-6-14-34/h1-32H/b25-23+,26-24+. The van der Waals surface area contributed by atoms with Gasteiger partial charge in [0.15, 0.2) is 0 Å². The summed E-state index contributed by atoms with van der Waals surface area (Å²) in [6.45, 7) is 0. The third-order valence-electron chi connectivity index (χ3n) is 9.59. The van der Waals surface area contributed by atoms with Crippen LogP contribution in [0.3, 0.4) is 0 Å². The van der Waals surface area contributed by atoms with Crippen LogP contribution in [0.25, 0.3) is 89.6 Å². The fourth-order valence-electron chi connectivity index (χ4n) is 7.35. The van der Waals surface area contributed by atoms with E-state index in [0.29, 0.717) is 0 Å². The molecule has 0 heterocycles. The van der Waals surface area contributed by atoms with Gasteiger partial charge < -0.3 is 0 Å². The molecular formula is C48H32. The Morgan fingerprint density at radius 1 is 0.250 bits per heavy atom. The molecule has 9 rings (SSSR count). The van der Waals surface area contributed by atoms with Crippen LogP contribution in [0.15, 0.2) is 170 Å². The van der Waals surface area contributed by atoms with Crippen LogP contribution >= 0.6 is 0 Å². The summed E-state index contributed by atoms with van der Waals surface area (Å²) in [5.74, 6) is 0. The molecule has 9 aromatic rings. The van der Waals surface area contributed by atoms with Crippen LogP contribution < -0.4 is 0 Å². The minimum absolute atomic E-state index is 1.19. The molecule has 0 spiro atoms. The Morgan fingerprint density at radius 3 is 1.06 bits per heavy atom. The van der Waals surface area contributed by atoms with Crippen LogP contribution in [0.5, 0.6) is 0 Å². The lowest BCUT2D eigenvalue weighted by atomic mass is 9.85. The first kappa shape index (κ1) is 28.0. The molecule has 0 N–H and O–H groups in total. The fourth-order valence-corrected chi connectivity index (χ4v) is 7.35. The van der Waals surface area contributed by atoms with Gasteiger partial charge in [-0.15, -0.1) is 0 Å². The van der Waals surface area contributed by atoms with Crippen molar-refractivity contribution in [2.24, 2.45) is 0 Å². The Morgan fingerprint density at radius 2 is 0.604 bits per heavy atom. The summed E-state index contributed by atoms with van der Waals surface area (Å²) in [6, 6.07) is 61.7. The van der Waals surface area contributed by atoms with Crippen LogP contribution in [0.2, 0.25) is 0 Å². The van der Waals surface area contributed by atoms with Crippen molar-refractivity contribution in [1.29, 1.82) is 0 Å². The molecule has 0 radical (unpaired) electrons. The van der Waals surface area contributed by atoms with E-state index in [-0.39, 0.29) is 0 Å². The number of fused-ring (bicyclic) bond motifs is 2. The summed E-state index contributed by atoms with van der Waals surface area (Å²) in [5.41, 5.74) is 9.78. The first-order valence-corrected chi connectivity index (χ1v) is 16.6. The predicted octanol–water partition coefficient (Wildman–Crippen LogP) is 13.4. The van der Waals surface area contributed by atoms with E-state index in [1.807, 2.05) is 0 Å². The lowest BCUT2D eigenvalue weighted by Crippen LogP contribution is -1.91.